The molecule has 1 heterocycles. The van der Waals surface area contributed by atoms with E-state index in [0.717, 1.165) is 5.56 Å². The Balaban J connectivity index is 2.68. The van der Waals surface area contributed by atoms with E-state index in [-0.39, 0.29) is 10.6 Å². The first-order chi connectivity index (χ1) is 7.20. The first-order valence-electron chi connectivity index (χ1n) is 4.43. The predicted molar refractivity (Wildman–Crippen MR) is 55.4 cm³/mol. The van der Waals surface area contributed by atoms with Gasteiger partial charge in [0.05, 0.1) is 28.7 Å². The van der Waals surface area contributed by atoms with Crippen LogP contribution in [0.25, 0.3) is 11.3 Å². The minimum absolute atomic E-state index is 0.0965. The maximum atomic E-state index is 10.8. The summed E-state index contributed by atoms with van der Waals surface area (Å²) >= 11 is 0. The van der Waals surface area contributed by atoms with Gasteiger partial charge in [0.25, 0.3) is 5.69 Å². The summed E-state index contributed by atoms with van der Waals surface area (Å²) in [5, 5.41) is 10.8. The zero-order valence-corrected chi connectivity index (χ0v) is 8.10. The van der Waals surface area contributed by atoms with Gasteiger partial charge in [-0.15, -0.1) is 0 Å². The molecule has 0 saturated heterocycles. The van der Waals surface area contributed by atoms with Crippen molar-refractivity contribution in [2.75, 3.05) is 0 Å². The van der Waals surface area contributed by atoms with Crippen LogP contribution >= 0.6 is 0 Å². The summed E-state index contributed by atoms with van der Waals surface area (Å²) in [5.74, 6) is 0. The molecule has 2 rings (SSSR count). The Morgan fingerprint density at radius 2 is 2.27 bits per heavy atom. The highest BCUT2D eigenvalue weighted by Gasteiger charge is 2.17. The van der Waals surface area contributed by atoms with Gasteiger partial charge in [-0.1, -0.05) is 12.1 Å². The second-order valence-electron chi connectivity index (χ2n) is 3.19. The van der Waals surface area contributed by atoms with Gasteiger partial charge < -0.3 is 4.98 Å². The van der Waals surface area contributed by atoms with Gasteiger partial charge >= 0.3 is 0 Å². The summed E-state index contributed by atoms with van der Waals surface area (Å²) < 4.78 is 0. The number of nitrogens with one attached hydrogen (secondary N) is 1. The van der Waals surface area contributed by atoms with Gasteiger partial charge in [0.15, 0.2) is 0 Å². The van der Waals surface area contributed by atoms with E-state index in [2.05, 4.69) is 9.97 Å². The standard InChI is InChI=1S/C10H9N3O2/c1-7-3-2-4-9(13(14)15)10(7)8-5-11-6-12-8/h2-6H,1H3,(H,11,12). The van der Waals surface area contributed by atoms with Crippen molar-refractivity contribution in [2.45, 2.75) is 6.92 Å². The average molecular weight is 203 g/mol. The zero-order chi connectivity index (χ0) is 10.8. The molecule has 1 aromatic heterocycles. The van der Waals surface area contributed by atoms with Crippen molar-refractivity contribution in [3.63, 3.8) is 0 Å². The lowest BCUT2D eigenvalue weighted by molar-refractivity contribution is -0.384. The van der Waals surface area contributed by atoms with Crippen LogP contribution in [0.1, 0.15) is 5.56 Å². The molecule has 0 unspecified atom stereocenters. The van der Waals surface area contributed by atoms with Crippen molar-refractivity contribution in [3.8, 4) is 11.3 Å². The Labute approximate surface area is 85.9 Å². The number of H-pyrrole nitrogens is 1. The summed E-state index contributed by atoms with van der Waals surface area (Å²) in [7, 11) is 0. The number of imidazole rings is 1. The minimum atomic E-state index is -0.386. The van der Waals surface area contributed by atoms with Gasteiger partial charge in [-0.2, -0.15) is 0 Å². The molecule has 0 atom stereocenters. The van der Waals surface area contributed by atoms with Crippen molar-refractivity contribution in [3.05, 3.63) is 46.4 Å². The van der Waals surface area contributed by atoms with Crippen LogP contribution in [0.5, 0.6) is 0 Å². The molecular weight excluding hydrogens is 194 g/mol. The fourth-order valence-corrected chi connectivity index (χ4v) is 1.55. The van der Waals surface area contributed by atoms with Crippen LogP contribution in [-0.4, -0.2) is 14.9 Å². The molecule has 1 N–H and O–H groups in total. The van der Waals surface area contributed by atoms with E-state index in [0.29, 0.717) is 11.3 Å². The molecule has 15 heavy (non-hydrogen) atoms. The molecule has 0 aliphatic carbocycles. The largest absolute Gasteiger partial charge is 0.344 e. The fourth-order valence-electron chi connectivity index (χ4n) is 1.55. The van der Waals surface area contributed by atoms with Gasteiger partial charge in [0.2, 0.25) is 0 Å². The Hall–Kier alpha value is -2.17. The van der Waals surface area contributed by atoms with E-state index in [4.69, 9.17) is 0 Å². The second-order valence-corrected chi connectivity index (χ2v) is 3.19. The third kappa shape index (κ3) is 1.59. The highest BCUT2D eigenvalue weighted by Crippen LogP contribution is 2.30. The molecular formula is C10H9N3O2. The summed E-state index contributed by atoms with van der Waals surface area (Å²) in [5.41, 5.74) is 2.22. The van der Waals surface area contributed by atoms with E-state index in [9.17, 15) is 10.1 Å². The highest BCUT2D eigenvalue weighted by atomic mass is 16.6. The van der Waals surface area contributed by atoms with Crippen LogP contribution < -0.4 is 0 Å². The highest BCUT2D eigenvalue weighted by molar-refractivity contribution is 5.73. The van der Waals surface area contributed by atoms with Crippen LogP contribution in [-0.2, 0) is 0 Å². The van der Waals surface area contributed by atoms with Gasteiger partial charge in [0.1, 0.15) is 0 Å². The Morgan fingerprint density at radius 1 is 1.47 bits per heavy atom. The molecule has 0 aliphatic heterocycles. The molecule has 0 aliphatic rings. The first kappa shape index (κ1) is 9.39. The molecule has 0 saturated carbocycles. The van der Waals surface area contributed by atoms with E-state index in [1.165, 1.54) is 12.4 Å². The number of nitro groups is 1. The minimum Gasteiger partial charge on any atom is -0.344 e. The molecule has 76 valence electrons. The SMILES string of the molecule is Cc1cccc([N+](=O)[O-])c1-c1cnc[nH]1. The predicted octanol–water partition coefficient (Wildman–Crippen LogP) is 2.29. The molecule has 0 fully saturated rings. The maximum absolute atomic E-state index is 10.8. The number of aromatic nitrogens is 2. The Bertz CT molecular complexity index is 491. The van der Waals surface area contributed by atoms with Crippen molar-refractivity contribution < 1.29 is 4.92 Å². The molecule has 5 heteroatoms. The van der Waals surface area contributed by atoms with Crippen molar-refractivity contribution in [2.24, 2.45) is 0 Å². The lowest BCUT2D eigenvalue weighted by atomic mass is 10.0. The smallest absolute Gasteiger partial charge is 0.279 e. The summed E-state index contributed by atoms with van der Waals surface area (Å²) in [4.78, 5) is 17.2. The molecule has 0 spiro atoms. The quantitative estimate of drug-likeness (QED) is 0.601. The van der Waals surface area contributed by atoms with Gasteiger partial charge in [-0.3, -0.25) is 10.1 Å². The monoisotopic (exact) mass is 203 g/mol. The van der Waals surface area contributed by atoms with E-state index < -0.39 is 0 Å². The molecule has 0 bridgehead atoms. The lowest BCUT2D eigenvalue weighted by Gasteiger charge is -2.03. The molecule has 1 aromatic carbocycles. The fraction of sp³-hybridized carbons (Fsp3) is 0.100. The first-order valence-corrected chi connectivity index (χ1v) is 4.43. The van der Waals surface area contributed by atoms with Crippen LogP contribution in [0, 0.1) is 17.0 Å². The average Bonchev–Trinajstić information content (AvgIpc) is 2.70. The number of rotatable bonds is 2. The van der Waals surface area contributed by atoms with Crippen LogP contribution in [0.2, 0.25) is 0 Å². The Morgan fingerprint density at radius 3 is 2.87 bits per heavy atom. The Kier molecular flexibility index (Phi) is 2.21. The number of nitrogens with zero attached hydrogens (tertiary/aromatic N) is 2. The summed E-state index contributed by atoms with van der Waals surface area (Å²) in [6, 6.07) is 5.00. The van der Waals surface area contributed by atoms with Crippen molar-refractivity contribution in [1.29, 1.82) is 0 Å². The van der Waals surface area contributed by atoms with Crippen LogP contribution in [0.3, 0.4) is 0 Å². The molecule has 5 nitrogen and oxygen atoms in total. The lowest BCUT2D eigenvalue weighted by Crippen LogP contribution is -1.94. The van der Waals surface area contributed by atoms with Gasteiger partial charge in [-0.25, -0.2) is 4.98 Å². The third-order valence-corrected chi connectivity index (χ3v) is 2.22. The number of nitro benzene ring substituents is 1. The van der Waals surface area contributed by atoms with Gasteiger partial charge in [-0.05, 0) is 12.5 Å². The summed E-state index contributed by atoms with van der Waals surface area (Å²) in [6.07, 6.45) is 3.08. The third-order valence-electron chi connectivity index (χ3n) is 2.22. The van der Waals surface area contributed by atoms with E-state index in [1.807, 2.05) is 13.0 Å². The molecule has 0 radical (unpaired) electrons. The van der Waals surface area contributed by atoms with Crippen LogP contribution in [0.4, 0.5) is 5.69 Å². The number of hydrogen-bond acceptors (Lipinski definition) is 3. The van der Waals surface area contributed by atoms with E-state index in [1.54, 1.807) is 12.3 Å². The maximum Gasteiger partial charge on any atom is 0.279 e. The normalized spacial score (nSPS) is 10.2. The number of hydrogen-bond donors (Lipinski definition) is 1. The molecule has 0 amide bonds. The summed E-state index contributed by atoms with van der Waals surface area (Å²) in [6.45, 7) is 1.84. The van der Waals surface area contributed by atoms with Gasteiger partial charge in [0, 0.05) is 6.07 Å². The topological polar surface area (TPSA) is 71.8 Å². The van der Waals surface area contributed by atoms with Crippen molar-refractivity contribution >= 4 is 5.69 Å². The zero-order valence-electron chi connectivity index (χ0n) is 8.10. The number of aromatic amines is 1. The van der Waals surface area contributed by atoms with Crippen LogP contribution in [0.15, 0.2) is 30.7 Å². The van der Waals surface area contributed by atoms with E-state index >= 15 is 0 Å². The molecule has 2 aromatic rings. The number of aryl methyl sites for hydroxylation is 1. The van der Waals surface area contributed by atoms with Crippen molar-refractivity contribution in [1.82, 2.24) is 9.97 Å². The number of benzene rings is 1. The second kappa shape index (κ2) is 3.53.